The Hall–Kier alpha value is -0.610. The summed E-state index contributed by atoms with van der Waals surface area (Å²) in [5.41, 5.74) is 0.472. The smallest absolute Gasteiger partial charge is 0.273 e. The third-order valence-corrected chi connectivity index (χ3v) is 3.34. The van der Waals surface area contributed by atoms with Gasteiger partial charge in [-0.15, -0.1) is 11.6 Å². The van der Waals surface area contributed by atoms with E-state index >= 15 is 0 Å². The zero-order valence-electron chi connectivity index (χ0n) is 8.70. The van der Waals surface area contributed by atoms with Gasteiger partial charge in [0.15, 0.2) is 0 Å². The maximum absolute atomic E-state index is 12.2. The maximum Gasteiger partial charge on any atom is 0.273 e. The topological polar surface area (TPSA) is 33.2 Å². The van der Waals surface area contributed by atoms with Crippen LogP contribution >= 0.6 is 27.5 Å². The van der Waals surface area contributed by atoms with E-state index in [-0.39, 0.29) is 5.91 Å². The minimum atomic E-state index is -0.0318. The Morgan fingerprint density at radius 2 is 2.38 bits per heavy atom. The van der Waals surface area contributed by atoms with Crippen LogP contribution < -0.4 is 0 Å². The lowest BCUT2D eigenvalue weighted by Crippen LogP contribution is -2.35. The molecule has 3 nitrogen and oxygen atoms in total. The Morgan fingerprint density at radius 3 is 2.94 bits per heavy atom. The van der Waals surface area contributed by atoms with Gasteiger partial charge in [0.1, 0.15) is 5.69 Å². The van der Waals surface area contributed by atoms with Crippen LogP contribution in [0.5, 0.6) is 0 Å². The van der Waals surface area contributed by atoms with Crippen molar-refractivity contribution in [2.24, 2.45) is 0 Å². The van der Waals surface area contributed by atoms with E-state index in [1.54, 1.807) is 12.3 Å². The summed E-state index contributed by atoms with van der Waals surface area (Å²) in [5.74, 6) is 0.433. The summed E-state index contributed by atoms with van der Waals surface area (Å²) >= 11 is 9.06. The van der Waals surface area contributed by atoms with Crippen LogP contribution in [0.4, 0.5) is 0 Å². The number of nitrogens with zero attached hydrogens (tertiary/aromatic N) is 2. The molecule has 0 unspecified atom stereocenters. The molecule has 1 aromatic heterocycles. The molecule has 1 aromatic rings. The Kier molecular flexibility index (Phi) is 3.82. The fourth-order valence-corrected chi connectivity index (χ4v) is 2.21. The Labute approximate surface area is 108 Å². The molecule has 0 aliphatic heterocycles. The lowest BCUT2D eigenvalue weighted by molar-refractivity contribution is 0.0747. The van der Waals surface area contributed by atoms with E-state index in [0.29, 0.717) is 24.2 Å². The number of carbonyl (C=O) groups is 1. The number of pyridine rings is 1. The molecule has 16 heavy (non-hydrogen) atoms. The van der Waals surface area contributed by atoms with Crippen LogP contribution in [0.25, 0.3) is 0 Å². The first-order valence-electron chi connectivity index (χ1n) is 5.21. The number of aromatic nitrogens is 1. The average Bonchev–Trinajstić information content (AvgIpc) is 3.09. The second-order valence-electron chi connectivity index (χ2n) is 3.75. The number of halogens is 2. The first-order chi connectivity index (χ1) is 7.74. The number of hydrogen-bond acceptors (Lipinski definition) is 2. The van der Waals surface area contributed by atoms with Gasteiger partial charge in [0.25, 0.3) is 5.91 Å². The lowest BCUT2D eigenvalue weighted by Gasteiger charge is -2.21. The Balaban J connectivity index is 2.19. The largest absolute Gasteiger partial charge is 0.333 e. The minimum absolute atomic E-state index is 0.0318. The van der Waals surface area contributed by atoms with Gasteiger partial charge in [0, 0.05) is 29.1 Å². The molecule has 2 rings (SSSR count). The predicted molar refractivity (Wildman–Crippen MR) is 66.7 cm³/mol. The summed E-state index contributed by atoms with van der Waals surface area (Å²) in [7, 11) is 0. The molecule has 5 heteroatoms. The molecule has 1 fully saturated rings. The summed E-state index contributed by atoms with van der Waals surface area (Å²) in [5, 5.41) is 0. The van der Waals surface area contributed by atoms with Gasteiger partial charge in [-0.25, -0.2) is 4.98 Å². The zero-order valence-corrected chi connectivity index (χ0v) is 11.0. The van der Waals surface area contributed by atoms with Crippen molar-refractivity contribution in [1.82, 2.24) is 9.88 Å². The Morgan fingerprint density at radius 1 is 1.62 bits per heavy atom. The molecule has 1 aliphatic rings. The molecule has 1 saturated carbocycles. The first kappa shape index (κ1) is 11.9. The predicted octanol–water partition coefficient (Wildman–Crippen LogP) is 2.69. The summed E-state index contributed by atoms with van der Waals surface area (Å²) in [6.45, 7) is 0.591. The third kappa shape index (κ3) is 2.55. The molecule has 0 aromatic carbocycles. The minimum Gasteiger partial charge on any atom is -0.333 e. The number of carbonyl (C=O) groups excluding carboxylic acids is 1. The van der Waals surface area contributed by atoms with Gasteiger partial charge >= 0.3 is 0 Å². The van der Waals surface area contributed by atoms with Crippen molar-refractivity contribution in [1.29, 1.82) is 0 Å². The van der Waals surface area contributed by atoms with E-state index in [2.05, 4.69) is 20.9 Å². The standard InChI is InChI=1S/C11H12BrClN2O/c12-9-2-1-6-14-10(9)11(16)15(7-5-13)8-3-4-8/h1-2,6,8H,3-5,7H2. The van der Waals surface area contributed by atoms with Crippen LogP contribution in [0.1, 0.15) is 23.3 Å². The highest BCUT2D eigenvalue weighted by Crippen LogP contribution is 2.29. The van der Waals surface area contributed by atoms with Crippen molar-refractivity contribution in [2.75, 3.05) is 12.4 Å². The van der Waals surface area contributed by atoms with Crippen molar-refractivity contribution < 1.29 is 4.79 Å². The monoisotopic (exact) mass is 302 g/mol. The molecule has 0 N–H and O–H groups in total. The fourth-order valence-electron chi connectivity index (χ4n) is 1.61. The molecule has 1 heterocycles. The van der Waals surface area contributed by atoms with Crippen LogP contribution in [0.3, 0.4) is 0 Å². The van der Waals surface area contributed by atoms with Crippen molar-refractivity contribution in [3.63, 3.8) is 0 Å². The molecule has 0 radical (unpaired) electrons. The average molecular weight is 304 g/mol. The van der Waals surface area contributed by atoms with Gasteiger partial charge in [-0.3, -0.25) is 4.79 Å². The van der Waals surface area contributed by atoms with Gasteiger partial charge in [0.05, 0.1) is 0 Å². The molecule has 1 amide bonds. The van der Waals surface area contributed by atoms with E-state index in [4.69, 9.17) is 11.6 Å². The SMILES string of the molecule is O=C(c1ncccc1Br)N(CCCl)C1CC1. The molecular formula is C11H12BrClN2O. The summed E-state index contributed by atoms with van der Waals surface area (Å²) in [4.78, 5) is 18.1. The molecule has 0 bridgehead atoms. The maximum atomic E-state index is 12.2. The van der Waals surface area contributed by atoms with Crippen LogP contribution in [0.15, 0.2) is 22.8 Å². The zero-order chi connectivity index (χ0) is 11.5. The molecule has 0 atom stereocenters. The van der Waals surface area contributed by atoms with E-state index in [1.807, 2.05) is 11.0 Å². The quantitative estimate of drug-likeness (QED) is 0.801. The van der Waals surface area contributed by atoms with Gasteiger partial charge in [-0.05, 0) is 40.9 Å². The first-order valence-corrected chi connectivity index (χ1v) is 6.54. The van der Waals surface area contributed by atoms with Crippen LogP contribution in [0, 0.1) is 0 Å². The van der Waals surface area contributed by atoms with Crippen molar-refractivity contribution in [2.45, 2.75) is 18.9 Å². The summed E-state index contributed by atoms with van der Waals surface area (Å²) < 4.78 is 0.736. The van der Waals surface area contributed by atoms with E-state index in [9.17, 15) is 4.79 Å². The van der Waals surface area contributed by atoms with Crippen LogP contribution in [-0.2, 0) is 0 Å². The highest BCUT2D eigenvalue weighted by atomic mass is 79.9. The summed E-state index contributed by atoms with van der Waals surface area (Å²) in [6, 6.07) is 3.98. The number of hydrogen-bond donors (Lipinski definition) is 0. The van der Waals surface area contributed by atoms with Crippen molar-refractivity contribution >= 4 is 33.4 Å². The summed E-state index contributed by atoms with van der Waals surface area (Å²) in [6.07, 6.45) is 3.78. The van der Waals surface area contributed by atoms with Crippen molar-refractivity contribution in [3.05, 3.63) is 28.5 Å². The normalized spacial score (nSPS) is 14.9. The van der Waals surface area contributed by atoms with E-state index < -0.39 is 0 Å². The van der Waals surface area contributed by atoms with Gasteiger partial charge in [-0.2, -0.15) is 0 Å². The Bertz CT molecular complexity index is 395. The highest BCUT2D eigenvalue weighted by Gasteiger charge is 2.33. The van der Waals surface area contributed by atoms with Crippen molar-refractivity contribution in [3.8, 4) is 0 Å². The number of alkyl halides is 1. The number of rotatable bonds is 4. The molecule has 86 valence electrons. The second-order valence-corrected chi connectivity index (χ2v) is 4.98. The lowest BCUT2D eigenvalue weighted by atomic mass is 10.3. The fraction of sp³-hybridized carbons (Fsp3) is 0.455. The number of amides is 1. The van der Waals surface area contributed by atoms with E-state index in [1.165, 1.54) is 0 Å². The van der Waals surface area contributed by atoms with E-state index in [0.717, 1.165) is 17.3 Å². The molecular weight excluding hydrogens is 291 g/mol. The van der Waals surface area contributed by atoms with Crippen LogP contribution in [0.2, 0.25) is 0 Å². The highest BCUT2D eigenvalue weighted by molar-refractivity contribution is 9.10. The molecule has 0 spiro atoms. The molecule has 1 aliphatic carbocycles. The molecule has 0 saturated heterocycles. The third-order valence-electron chi connectivity index (χ3n) is 2.53. The van der Waals surface area contributed by atoms with Gasteiger partial charge in [0.2, 0.25) is 0 Å². The van der Waals surface area contributed by atoms with Gasteiger partial charge in [-0.1, -0.05) is 0 Å². The van der Waals surface area contributed by atoms with Gasteiger partial charge < -0.3 is 4.90 Å². The van der Waals surface area contributed by atoms with Crippen LogP contribution in [-0.4, -0.2) is 34.3 Å². The second kappa shape index (κ2) is 5.15.